The van der Waals surface area contributed by atoms with Gasteiger partial charge >= 0.3 is 0 Å². The summed E-state index contributed by atoms with van der Waals surface area (Å²) >= 11 is 0. The van der Waals surface area contributed by atoms with Crippen LogP contribution in [-0.4, -0.2) is 28.7 Å². The molecule has 9 heteroatoms. The average Bonchev–Trinajstić information content (AvgIpc) is 3.02. The van der Waals surface area contributed by atoms with Gasteiger partial charge in [-0.25, -0.2) is 0 Å². The maximum absolute atomic E-state index is 14.4. The van der Waals surface area contributed by atoms with E-state index in [1.165, 1.54) is 24.3 Å². The van der Waals surface area contributed by atoms with Gasteiger partial charge in [0, 0.05) is 49.4 Å². The second-order valence-electron chi connectivity index (χ2n) is 10.3. The molecule has 2 N–H and O–H groups in total. The fourth-order valence-corrected chi connectivity index (χ4v) is 4.97. The van der Waals surface area contributed by atoms with Gasteiger partial charge in [-0.1, -0.05) is 84.9 Å². The Balaban J connectivity index is 1.66. The summed E-state index contributed by atoms with van der Waals surface area (Å²) in [4.78, 5) is 36.1. The van der Waals surface area contributed by atoms with Crippen LogP contribution in [0.25, 0.3) is 0 Å². The third-order valence-corrected chi connectivity index (χ3v) is 7.55. The first-order valence-corrected chi connectivity index (χ1v) is 13.8. The lowest BCUT2D eigenvalue weighted by Crippen LogP contribution is -2.36. The van der Waals surface area contributed by atoms with Crippen LogP contribution in [-0.2, 0) is 4.79 Å². The Bertz CT molecular complexity index is 1370. The van der Waals surface area contributed by atoms with Crippen molar-refractivity contribution in [1.29, 1.82) is 0 Å². The van der Waals surface area contributed by atoms with Gasteiger partial charge in [0.25, 0.3) is 11.4 Å². The van der Waals surface area contributed by atoms with Gasteiger partial charge in [-0.3, -0.25) is 25.0 Å². The number of nitro groups is 2. The zero-order valence-corrected chi connectivity index (χ0v) is 23.6. The SMILES string of the molecule is C[C@H](NCC(C(=O)C(CN[C@@H](C)c1ccccc1)c1ccc([N+](=O)[O-])cc1)c1ccc([N+](=O)[O-])cc1)c1ccccc1. The van der Waals surface area contributed by atoms with Crippen molar-refractivity contribution in [2.45, 2.75) is 37.8 Å². The van der Waals surface area contributed by atoms with E-state index in [1.54, 1.807) is 24.3 Å². The summed E-state index contributed by atoms with van der Waals surface area (Å²) in [7, 11) is 0. The van der Waals surface area contributed by atoms with Crippen molar-refractivity contribution in [3.05, 3.63) is 152 Å². The van der Waals surface area contributed by atoms with Gasteiger partial charge in [-0.05, 0) is 36.1 Å². The third kappa shape index (κ3) is 7.72. The minimum Gasteiger partial charge on any atom is -0.309 e. The van der Waals surface area contributed by atoms with E-state index in [1.807, 2.05) is 74.5 Å². The van der Waals surface area contributed by atoms with Crippen molar-refractivity contribution in [3.8, 4) is 0 Å². The van der Waals surface area contributed by atoms with Crippen LogP contribution in [0.2, 0.25) is 0 Å². The molecule has 0 bridgehead atoms. The van der Waals surface area contributed by atoms with E-state index in [-0.39, 0.29) is 29.2 Å². The number of hydrogen-bond donors (Lipinski definition) is 2. The quantitative estimate of drug-likeness (QED) is 0.129. The van der Waals surface area contributed by atoms with Gasteiger partial charge in [0.1, 0.15) is 5.78 Å². The number of nitrogens with zero attached hydrogens (tertiary/aromatic N) is 2. The number of ketones is 1. The van der Waals surface area contributed by atoms with Crippen LogP contribution in [0.15, 0.2) is 109 Å². The first-order chi connectivity index (χ1) is 20.2. The van der Waals surface area contributed by atoms with Gasteiger partial charge in [0.15, 0.2) is 0 Å². The molecule has 0 radical (unpaired) electrons. The number of benzene rings is 4. The van der Waals surface area contributed by atoms with Crippen molar-refractivity contribution in [2.24, 2.45) is 0 Å². The van der Waals surface area contributed by atoms with E-state index in [2.05, 4.69) is 10.6 Å². The first kappa shape index (κ1) is 30.2. The number of carbonyl (C=O) groups is 1. The number of nitro benzene ring substituents is 2. The molecule has 2 unspecified atom stereocenters. The fourth-order valence-electron chi connectivity index (χ4n) is 4.97. The molecule has 0 amide bonds. The van der Waals surface area contributed by atoms with Gasteiger partial charge in [-0.2, -0.15) is 0 Å². The Morgan fingerprint density at radius 3 is 1.21 bits per heavy atom. The van der Waals surface area contributed by atoms with Crippen LogP contribution < -0.4 is 10.6 Å². The van der Waals surface area contributed by atoms with E-state index in [0.29, 0.717) is 24.2 Å². The number of rotatable bonds is 14. The highest BCUT2D eigenvalue weighted by molar-refractivity contribution is 5.92. The second-order valence-corrected chi connectivity index (χ2v) is 10.3. The predicted octanol–water partition coefficient (Wildman–Crippen LogP) is 6.64. The Kier molecular flexibility index (Phi) is 10.3. The van der Waals surface area contributed by atoms with Crippen LogP contribution in [0.4, 0.5) is 11.4 Å². The van der Waals surface area contributed by atoms with Crippen molar-refractivity contribution < 1.29 is 14.6 Å². The molecule has 0 spiro atoms. The predicted molar refractivity (Wildman–Crippen MR) is 162 cm³/mol. The highest BCUT2D eigenvalue weighted by Crippen LogP contribution is 2.30. The maximum Gasteiger partial charge on any atom is 0.269 e. The van der Waals surface area contributed by atoms with Crippen LogP contribution in [0, 0.1) is 20.2 Å². The minimum absolute atomic E-state index is 0.0476. The molecule has 4 rings (SSSR count). The van der Waals surface area contributed by atoms with E-state index in [9.17, 15) is 25.0 Å². The first-order valence-electron chi connectivity index (χ1n) is 13.8. The zero-order valence-electron chi connectivity index (χ0n) is 23.6. The van der Waals surface area contributed by atoms with Crippen LogP contribution >= 0.6 is 0 Å². The number of Topliss-reactive ketones (excluding diaryl/α,β-unsaturated/α-hetero) is 1. The van der Waals surface area contributed by atoms with Crippen molar-refractivity contribution >= 4 is 17.2 Å². The summed E-state index contributed by atoms with van der Waals surface area (Å²) < 4.78 is 0. The van der Waals surface area contributed by atoms with E-state index in [0.717, 1.165) is 11.1 Å². The van der Waals surface area contributed by atoms with Crippen LogP contribution in [0.5, 0.6) is 0 Å². The van der Waals surface area contributed by atoms with Crippen molar-refractivity contribution in [3.63, 3.8) is 0 Å². The summed E-state index contributed by atoms with van der Waals surface area (Å²) in [5, 5.41) is 29.5. The lowest BCUT2D eigenvalue weighted by atomic mass is 9.83. The molecule has 0 aromatic heterocycles. The molecule has 4 aromatic rings. The zero-order chi connectivity index (χ0) is 30.1. The van der Waals surface area contributed by atoms with Crippen LogP contribution in [0.1, 0.15) is 60.0 Å². The van der Waals surface area contributed by atoms with E-state index >= 15 is 0 Å². The second kappa shape index (κ2) is 14.2. The summed E-state index contributed by atoms with van der Waals surface area (Å²) in [6.07, 6.45) is 0. The molecule has 0 heterocycles. The number of nitrogens with one attached hydrogen (secondary N) is 2. The van der Waals surface area contributed by atoms with Crippen LogP contribution in [0.3, 0.4) is 0 Å². The number of non-ortho nitro benzene ring substituents is 2. The van der Waals surface area contributed by atoms with E-state index in [4.69, 9.17) is 0 Å². The smallest absolute Gasteiger partial charge is 0.269 e. The molecule has 0 saturated carbocycles. The monoisotopic (exact) mass is 566 g/mol. The molecule has 9 nitrogen and oxygen atoms in total. The number of carbonyl (C=O) groups excluding carboxylic acids is 1. The Morgan fingerprint density at radius 1 is 0.571 bits per heavy atom. The molecule has 4 aromatic carbocycles. The average molecular weight is 567 g/mol. The van der Waals surface area contributed by atoms with E-state index < -0.39 is 21.7 Å². The normalized spacial score (nSPS) is 14.0. The van der Waals surface area contributed by atoms with Gasteiger partial charge < -0.3 is 10.6 Å². The molecule has 0 aliphatic heterocycles. The Morgan fingerprint density at radius 2 is 0.905 bits per heavy atom. The third-order valence-electron chi connectivity index (χ3n) is 7.55. The van der Waals surface area contributed by atoms with Gasteiger partial charge in [0.05, 0.1) is 21.7 Å². The molecule has 42 heavy (non-hydrogen) atoms. The lowest BCUT2D eigenvalue weighted by Gasteiger charge is -2.27. The van der Waals surface area contributed by atoms with Gasteiger partial charge in [0.2, 0.25) is 0 Å². The van der Waals surface area contributed by atoms with Gasteiger partial charge in [-0.15, -0.1) is 0 Å². The standard InChI is InChI=1S/C33H34N4O5/c1-23(25-9-5-3-6-10-25)34-21-31(27-13-17-29(18-14-27)36(39)40)33(38)32(28-15-19-30(20-16-28)37(41)42)22-35-24(2)26-11-7-4-8-12-26/h3-20,23-24,31-32,34-35H,21-22H2,1-2H3/t23-,24-,31?,32?/m0/s1. The number of hydrogen-bond acceptors (Lipinski definition) is 7. The topological polar surface area (TPSA) is 127 Å². The highest BCUT2D eigenvalue weighted by Gasteiger charge is 2.31. The molecule has 4 atom stereocenters. The largest absolute Gasteiger partial charge is 0.309 e. The highest BCUT2D eigenvalue weighted by atomic mass is 16.6. The van der Waals surface area contributed by atoms with Crippen molar-refractivity contribution in [2.75, 3.05) is 13.1 Å². The summed E-state index contributed by atoms with van der Waals surface area (Å²) in [6.45, 7) is 4.63. The molecule has 0 aliphatic rings. The molecule has 0 fully saturated rings. The minimum atomic E-state index is -0.633. The molecular weight excluding hydrogens is 532 g/mol. The molecule has 0 aliphatic carbocycles. The Labute approximate surface area is 244 Å². The summed E-state index contributed by atoms with van der Waals surface area (Å²) in [6, 6.07) is 31.8. The Hall–Kier alpha value is -4.73. The maximum atomic E-state index is 14.4. The molecule has 0 saturated heterocycles. The summed E-state index contributed by atoms with van der Waals surface area (Å²) in [5.74, 6) is -1.37. The van der Waals surface area contributed by atoms with Crippen molar-refractivity contribution in [1.82, 2.24) is 10.6 Å². The lowest BCUT2D eigenvalue weighted by molar-refractivity contribution is -0.385. The summed E-state index contributed by atoms with van der Waals surface area (Å²) in [5.41, 5.74) is 3.33. The molecular formula is C33H34N4O5. The molecule has 216 valence electrons. The fraction of sp³-hybridized carbons (Fsp3) is 0.242.